The molecular formula is C13H18IN3O3S. The van der Waals surface area contributed by atoms with Crippen LogP contribution in [0, 0.1) is 5.41 Å². The van der Waals surface area contributed by atoms with Crippen LogP contribution in [0.15, 0.2) is 24.5 Å². The SMILES string of the molecule is CC(n1cccc1)C1(C(=O)O)CS[C@@H]2C(N)C(=O)N2C1.I. The van der Waals surface area contributed by atoms with E-state index < -0.39 is 17.4 Å². The minimum absolute atomic E-state index is 0. The molecule has 0 aliphatic carbocycles. The fourth-order valence-corrected chi connectivity index (χ4v) is 4.55. The first kappa shape index (κ1) is 16.6. The van der Waals surface area contributed by atoms with Crippen LogP contribution in [0.2, 0.25) is 0 Å². The van der Waals surface area contributed by atoms with Gasteiger partial charge in [0.25, 0.3) is 0 Å². The summed E-state index contributed by atoms with van der Waals surface area (Å²) >= 11 is 1.47. The van der Waals surface area contributed by atoms with Crippen molar-refractivity contribution in [2.24, 2.45) is 11.1 Å². The number of hydrogen-bond donors (Lipinski definition) is 2. The van der Waals surface area contributed by atoms with E-state index in [-0.39, 0.29) is 47.8 Å². The minimum atomic E-state index is -0.976. The standard InChI is InChI=1S/C13H17N3O3S.HI/c1-8(15-4-2-3-5-15)13(12(18)19)6-16-10(17)9(14)11(16)20-7-13;/h2-5,8-9,11H,6-7,14H2,1H3,(H,18,19);1H/t8?,9?,11-,13?;/m1./s1. The first-order valence-electron chi connectivity index (χ1n) is 6.51. The van der Waals surface area contributed by atoms with Gasteiger partial charge in [0.05, 0.1) is 0 Å². The van der Waals surface area contributed by atoms with Gasteiger partial charge in [0.15, 0.2) is 0 Å². The zero-order valence-corrected chi connectivity index (χ0v) is 14.7. The van der Waals surface area contributed by atoms with Crippen LogP contribution < -0.4 is 5.73 Å². The van der Waals surface area contributed by atoms with E-state index >= 15 is 0 Å². The molecule has 2 fully saturated rings. The van der Waals surface area contributed by atoms with Gasteiger partial charge in [-0.1, -0.05) is 0 Å². The number of β-lactam (4-membered cyclic amide) rings is 1. The normalized spacial score (nSPS) is 32.7. The van der Waals surface area contributed by atoms with Crippen molar-refractivity contribution in [1.82, 2.24) is 9.47 Å². The Morgan fingerprint density at radius 2 is 2.14 bits per heavy atom. The van der Waals surface area contributed by atoms with Crippen molar-refractivity contribution in [3.63, 3.8) is 0 Å². The monoisotopic (exact) mass is 423 g/mol. The summed E-state index contributed by atoms with van der Waals surface area (Å²) in [5.41, 5.74) is 4.77. The number of carbonyl (C=O) groups excluding carboxylic acids is 1. The van der Waals surface area contributed by atoms with E-state index in [1.54, 1.807) is 4.90 Å². The highest BCUT2D eigenvalue weighted by Crippen LogP contribution is 2.46. The molecule has 4 atom stereocenters. The zero-order valence-electron chi connectivity index (χ0n) is 11.5. The third-order valence-corrected chi connectivity index (χ3v) is 6.02. The number of amides is 1. The lowest BCUT2D eigenvalue weighted by Gasteiger charge is -2.54. The molecule has 6 nitrogen and oxygen atoms in total. The van der Waals surface area contributed by atoms with Crippen LogP contribution in [0.5, 0.6) is 0 Å². The number of aliphatic carboxylic acids is 1. The molecule has 21 heavy (non-hydrogen) atoms. The molecule has 116 valence electrons. The summed E-state index contributed by atoms with van der Waals surface area (Å²) in [5.74, 6) is -0.547. The first-order valence-corrected chi connectivity index (χ1v) is 7.56. The molecule has 1 amide bonds. The number of thioether (sulfide) groups is 1. The maximum absolute atomic E-state index is 11.9. The average molecular weight is 423 g/mol. The molecule has 2 aliphatic heterocycles. The van der Waals surface area contributed by atoms with E-state index in [4.69, 9.17) is 5.73 Å². The summed E-state index contributed by atoms with van der Waals surface area (Å²) in [4.78, 5) is 25.3. The molecule has 3 unspecified atom stereocenters. The molecule has 3 heterocycles. The Morgan fingerprint density at radius 3 is 2.71 bits per heavy atom. The third-order valence-electron chi connectivity index (χ3n) is 4.45. The van der Waals surface area contributed by atoms with E-state index in [1.165, 1.54) is 11.8 Å². The van der Waals surface area contributed by atoms with Gasteiger partial charge in [0, 0.05) is 30.7 Å². The molecule has 3 rings (SSSR count). The van der Waals surface area contributed by atoms with Crippen LogP contribution in [0.3, 0.4) is 0 Å². The molecule has 8 heteroatoms. The van der Waals surface area contributed by atoms with Crippen LogP contribution >= 0.6 is 35.7 Å². The number of nitrogens with two attached hydrogens (primary N) is 1. The lowest BCUT2D eigenvalue weighted by Crippen LogP contribution is -2.72. The Balaban J connectivity index is 0.00000161. The Hall–Kier alpha value is -0.740. The number of carboxylic acid groups (broad SMARTS) is 1. The van der Waals surface area contributed by atoms with Gasteiger partial charge in [-0.15, -0.1) is 35.7 Å². The molecule has 0 radical (unpaired) electrons. The summed E-state index contributed by atoms with van der Waals surface area (Å²) in [6, 6.07) is 3.03. The maximum atomic E-state index is 11.9. The van der Waals surface area contributed by atoms with Crippen molar-refractivity contribution in [3.05, 3.63) is 24.5 Å². The maximum Gasteiger partial charge on any atom is 0.314 e. The highest BCUT2D eigenvalue weighted by atomic mass is 127. The second-order valence-electron chi connectivity index (χ2n) is 5.46. The van der Waals surface area contributed by atoms with Gasteiger partial charge >= 0.3 is 5.97 Å². The van der Waals surface area contributed by atoms with Gasteiger partial charge in [-0.2, -0.15) is 0 Å². The molecule has 2 aliphatic rings. The molecule has 3 N–H and O–H groups in total. The third kappa shape index (κ3) is 2.36. The van der Waals surface area contributed by atoms with Crippen LogP contribution in [0.1, 0.15) is 13.0 Å². The number of halogens is 1. The van der Waals surface area contributed by atoms with Gasteiger partial charge in [0.1, 0.15) is 16.8 Å². The van der Waals surface area contributed by atoms with E-state index in [1.807, 2.05) is 36.0 Å². The quantitative estimate of drug-likeness (QED) is 0.559. The van der Waals surface area contributed by atoms with Crippen LogP contribution in [-0.4, -0.2) is 50.2 Å². The van der Waals surface area contributed by atoms with Crippen LogP contribution in [0.25, 0.3) is 0 Å². The summed E-state index contributed by atoms with van der Waals surface area (Å²) in [7, 11) is 0. The van der Waals surface area contributed by atoms with Crippen molar-refractivity contribution < 1.29 is 14.7 Å². The highest BCUT2D eigenvalue weighted by Gasteiger charge is 2.57. The molecule has 2 saturated heterocycles. The molecular weight excluding hydrogens is 405 g/mol. The van der Waals surface area contributed by atoms with Gasteiger partial charge in [-0.25, -0.2) is 0 Å². The average Bonchev–Trinajstić information content (AvgIpc) is 2.98. The lowest BCUT2D eigenvalue weighted by molar-refractivity contribution is -0.159. The van der Waals surface area contributed by atoms with E-state index in [9.17, 15) is 14.7 Å². The molecule has 1 aromatic rings. The fraction of sp³-hybridized carbons (Fsp3) is 0.538. The number of nitrogens with zero attached hydrogens (tertiary/aromatic N) is 2. The number of carbonyl (C=O) groups is 2. The lowest BCUT2D eigenvalue weighted by atomic mass is 9.80. The van der Waals surface area contributed by atoms with Crippen molar-refractivity contribution in [1.29, 1.82) is 0 Å². The number of hydrogen-bond acceptors (Lipinski definition) is 4. The number of aromatic nitrogens is 1. The largest absolute Gasteiger partial charge is 0.481 e. The number of rotatable bonds is 3. The van der Waals surface area contributed by atoms with Crippen molar-refractivity contribution >= 4 is 47.6 Å². The number of carboxylic acids is 1. The highest BCUT2D eigenvalue weighted by molar-refractivity contribution is 14.0. The minimum Gasteiger partial charge on any atom is -0.481 e. The van der Waals surface area contributed by atoms with E-state index in [0.29, 0.717) is 5.75 Å². The Morgan fingerprint density at radius 1 is 1.52 bits per heavy atom. The second kappa shape index (κ2) is 5.81. The van der Waals surface area contributed by atoms with Crippen LogP contribution in [-0.2, 0) is 9.59 Å². The predicted molar refractivity (Wildman–Crippen MR) is 90.6 cm³/mol. The molecule has 0 bridgehead atoms. The van der Waals surface area contributed by atoms with E-state index in [2.05, 4.69) is 0 Å². The topological polar surface area (TPSA) is 88.6 Å². The zero-order chi connectivity index (χ0) is 14.5. The van der Waals surface area contributed by atoms with Gasteiger partial charge in [-0.05, 0) is 19.1 Å². The molecule has 0 spiro atoms. The Bertz CT molecular complexity index is 553. The smallest absolute Gasteiger partial charge is 0.314 e. The predicted octanol–water partition coefficient (Wildman–Crippen LogP) is 0.980. The van der Waals surface area contributed by atoms with Crippen LogP contribution in [0.4, 0.5) is 0 Å². The van der Waals surface area contributed by atoms with Gasteiger partial charge in [0.2, 0.25) is 5.91 Å². The van der Waals surface area contributed by atoms with Crippen molar-refractivity contribution in [2.45, 2.75) is 24.4 Å². The summed E-state index contributed by atoms with van der Waals surface area (Å²) in [6.45, 7) is 2.12. The summed E-state index contributed by atoms with van der Waals surface area (Å²) < 4.78 is 1.89. The van der Waals surface area contributed by atoms with E-state index in [0.717, 1.165) is 0 Å². The van der Waals surface area contributed by atoms with Crippen molar-refractivity contribution in [2.75, 3.05) is 12.3 Å². The fourth-order valence-electron chi connectivity index (χ4n) is 2.95. The first-order chi connectivity index (χ1) is 9.47. The summed E-state index contributed by atoms with van der Waals surface area (Å²) in [5, 5.41) is 9.68. The second-order valence-corrected chi connectivity index (χ2v) is 6.57. The van der Waals surface area contributed by atoms with Gasteiger partial charge in [-0.3, -0.25) is 9.59 Å². The number of fused-ring (bicyclic) bond motifs is 1. The van der Waals surface area contributed by atoms with Gasteiger partial charge < -0.3 is 20.3 Å². The summed E-state index contributed by atoms with van der Waals surface area (Å²) in [6.07, 6.45) is 3.71. The Kier molecular flexibility index (Phi) is 4.60. The molecule has 0 aromatic carbocycles. The Labute approximate surface area is 144 Å². The molecule has 1 aromatic heterocycles. The molecule has 0 saturated carbocycles. The van der Waals surface area contributed by atoms with Crippen molar-refractivity contribution in [3.8, 4) is 0 Å².